The number of hydrogen-bond acceptors (Lipinski definition) is 2. The first-order chi connectivity index (χ1) is 6.34. The summed E-state index contributed by atoms with van der Waals surface area (Å²) in [4.78, 5) is 11.4. The first kappa shape index (κ1) is 9.74. The zero-order valence-corrected chi connectivity index (χ0v) is 7.49. The molecule has 1 aromatic carbocycles. The number of rotatable bonds is 4. The molecular weight excluding hydrogens is 164 g/mol. The molecule has 1 amide bonds. The largest absolute Gasteiger partial charge is 0.352 e. The Morgan fingerprint density at radius 2 is 2.00 bits per heavy atom. The van der Waals surface area contributed by atoms with Crippen LogP contribution in [0.15, 0.2) is 30.3 Å². The Morgan fingerprint density at radius 3 is 2.62 bits per heavy atom. The van der Waals surface area contributed by atoms with Gasteiger partial charge >= 0.3 is 0 Å². The molecule has 13 heavy (non-hydrogen) atoms. The van der Waals surface area contributed by atoms with Gasteiger partial charge in [0.05, 0.1) is 0 Å². The van der Waals surface area contributed by atoms with E-state index < -0.39 is 0 Å². The zero-order chi connectivity index (χ0) is 9.52. The van der Waals surface area contributed by atoms with Gasteiger partial charge in [-0.05, 0) is 25.1 Å². The van der Waals surface area contributed by atoms with Crippen molar-refractivity contribution < 1.29 is 4.79 Å². The lowest BCUT2D eigenvalue weighted by atomic mass is 10.2. The lowest BCUT2D eigenvalue weighted by Crippen LogP contribution is -2.25. The van der Waals surface area contributed by atoms with E-state index in [-0.39, 0.29) is 5.91 Å². The van der Waals surface area contributed by atoms with Crippen molar-refractivity contribution >= 4 is 5.91 Å². The minimum absolute atomic E-state index is 0.0333. The number of carbonyl (C=O) groups is 1. The van der Waals surface area contributed by atoms with E-state index in [1.807, 2.05) is 18.2 Å². The fourth-order valence-corrected chi connectivity index (χ4v) is 0.996. The van der Waals surface area contributed by atoms with Gasteiger partial charge in [0.25, 0.3) is 5.91 Å². The van der Waals surface area contributed by atoms with Crippen LogP contribution in [0.3, 0.4) is 0 Å². The predicted octanol–water partition coefficient (Wildman–Crippen LogP) is 0.765. The van der Waals surface area contributed by atoms with Gasteiger partial charge in [-0.3, -0.25) is 4.79 Å². The van der Waals surface area contributed by atoms with Crippen LogP contribution in [-0.2, 0) is 0 Å². The van der Waals surface area contributed by atoms with Crippen LogP contribution in [0.4, 0.5) is 0 Å². The quantitative estimate of drug-likeness (QED) is 0.669. The average molecular weight is 178 g/mol. The summed E-state index contributed by atoms with van der Waals surface area (Å²) < 4.78 is 0. The summed E-state index contributed by atoms with van der Waals surface area (Å²) in [6.45, 7) is 1.25. The molecule has 0 spiro atoms. The summed E-state index contributed by atoms with van der Waals surface area (Å²) in [5.41, 5.74) is 6.00. The molecule has 1 rings (SSSR count). The Hall–Kier alpha value is -1.35. The number of amides is 1. The van der Waals surface area contributed by atoms with Crippen molar-refractivity contribution in [1.29, 1.82) is 0 Å². The molecule has 3 heteroatoms. The molecule has 0 saturated heterocycles. The van der Waals surface area contributed by atoms with Crippen molar-refractivity contribution in [2.45, 2.75) is 6.42 Å². The molecule has 70 valence electrons. The summed E-state index contributed by atoms with van der Waals surface area (Å²) in [6, 6.07) is 9.15. The average Bonchev–Trinajstić information content (AvgIpc) is 2.19. The van der Waals surface area contributed by atoms with E-state index in [9.17, 15) is 4.79 Å². The van der Waals surface area contributed by atoms with Crippen LogP contribution in [0.1, 0.15) is 16.8 Å². The van der Waals surface area contributed by atoms with Crippen molar-refractivity contribution in [2.24, 2.45) is 5.73 Å². The van der Waals surface area contributed by atoms with Crippen LogP contribution in [0.25, 0.3) is 0 Å². The second kappa shape index (κ2) is 5.32. The number of hydrogen-bond donors (Lipinski definition) is 2. The molecule has 0 atom stereocenters. The van der Waals surface area contributed by atoms with E-state index in [1.54, 1.807) is 12.1 Å². The Morgan fingerprint density at radius 1 is 1.31 bits per heavy atom. The summed E-state index contributed by atoms with van der Waals surface area (Å²) >= 11 is 0. The molecule has 3 nitrogen and oxygen atoms in total. The van der Waals surface area contributed by atoms with Crippen LogP contribution < -0.4 is 11.1 Å². The van der Waals surface area contributed by atoms with Crippen LogP contribution in [0.5, 0.6) is 0 Å². The normalized spacial score (nSPS) is 9.62. The van der Waals surface area contributed by atoms with Crippen molar-refractivity contribution in [3.8, 4) is 0 Å². The van der Waals surface area contributed by atoms with Crippen molar-refractivity contribution in [1.82, 2.24) is 5.32 Å². The molecule has 0 aromatic heterocycles. The van der Waals surface area contributed by atoms with Gasteiger partial charge in [0.1, 0.15) is 0 Å². The lowest BCUT2D eigenvalue weighted by molar-refractivity contribution is 0.0953. The van der Waals surface area contributed by atoms with Gasteiger partial charge in [0.15, 0.2) is 0 Å². The fourth-order valence-electron chi connectivity index (χ4n) is 0.996. The Labute approximate surface area is 77.9 Å². The smallest absolute Gasteiger partial charge is 0.251 e. The molecule has 0 unspecified atom stereocenters. The molecule has 3 N–H and O–H groups in total. The highest BCUT2D eigenvalue weighted by molar-refractivity contribution is 5.94. The first-order valence-electron chi connectivity index (χ1n) is 4.38. The van der Waals surface area contributed by atoms with E-state index in [4.69, 9.17) is 5.73 Å². The highest BCUT2D eigenvalue weighted by Crippen LogP contribution is 1.97. The molecule has 0 radical (unpaired) electrons. The number of carbonyl (C=O) groups excluding carboxylic acids is 1. The minimum Gasteiger partial charge on any atom is -0.352 e. The van der Waals surface area contributed by atoms with Crippen LogP contribution in [0, 0.1) is 0 Å². The van der Waals surface area contributed by atoms with Gasteiger partial charge in [-0.25, -0.2) is 0 Å². The molecule has 0 fully saturated rings. The Balaban J connectivity index is 2.40. The van der Waals surface area contributed by atoms with Crippen LogP contribution >= 0.6 is 0 Å². The number of nitrogens with two attached hydrogens (primary N) is 1. The summed E-state index contributed by atoms with van der Waals surface area (Å²) in [6.07, 6.45) is 0.818. The van der Waals surface area contributed by atoms with E-state index in [0.29, 0.717) is 18.7 Å². The SMILES string of the molecule is NCCCNC(=O)c1ccccc1. The number of nitrogens with one attached hydrogen (secondary N) is 1. The molecule has 0 aliphatic heterocycles. The molecule has 0 bridgehead atoms. The van der Waals surface area contributed by atoms with Gasteiger partial charge in [-0.1, -0.05) is 18.2 Å². The standard InChI is InChI=1S/C10H14N2O/c11-7-4-8-12-10(13)9-5-2-1-3-6-9/h1-3,5-6H,4,7-8,11H2,(H,12,13). The maximum Gasteiger partial charge on any atom is 0.251 e. The first-order valence-corrected chi connectivity index (χ1v) is 4.38. The van der Waals surface area contributed by atoms with Crippen molar-refractivity contribution in [3.63, 3.8) is 0 Å². The van der Waals surface area contributed by atoms with E-state index in [0.717, 1.165) is 6.42 Å². The molecule has 1 aromatic rings. The molecular formula is C10H14N2O. The van der Waals surface area contributed by atoms with Gasteiger partial charge in [-0.15, -0.1) is 0 Å². The zero-order valence-electron chi connectivity index (χ0n) is 7.49. The topological polar surface area (TPSA) is 55.1 Å². The van der Waals surface area contributed by atoms with Gasteiger partial charge in [0.2, 0.25) is 0 Å². The maximum atomic E-state index is 11.4. The van der Waals surface area contributed by atoms with Gasteiger partial charge in [0, 0.05) is 12.1 Å². The third-order valence-corrected chi connectivity index (χ3v) is 1.70. The highest BCUT2D eigenvalue weighted by atomic mass is 16.1. The van der Waals surface area contributed by atoms with Crippen LogP contribution in [-0.4, -0.2) is 19.0 Å². The van der Waals surface area contributed by atoms with E-state index in [1.165, 1.54) is 0 Å². The van der Waals surface area contributed by atoms with E-state index >= 15 is 0 Å². The van der Waals surface area contributed by atoms with E-state index in [2.05, 4.69) is 5.32 Å². The van der Waals surface area contributed by atoms with Gasteiger partial charge in [-0.2, -0.15) is 0 Å². The summed E-state index contributed by atoms with van der Waals surface area (Å²) in [5.74, 6) is -0.0333. The molecule has 0 aliphatic rings. The number of benzene rings is 1. The molecule has 0 heterocycles. The summed E-state index contributed by atoms with van der Waals surface area (Å²) in [7, 11) is 0. The predicted molar refractivity (Wildman–Crippen MR) is 52.4 cm³/mol. The minimum atomic E-state index is -0.0333. The van der Waals surface area contributed by atoms with Crippen LogP contribution in [0.2, 0.25) is 0 Å². The maximum absolute atomic E-state index is 11.4. The second-order valence-corrected chi connectivity index (χ2v) is 2.76. The monoisotopic (exact) mass is 178 g/mol. The highest BCUT2D eigenvalue weighted by Gasteiger charge is 2.01. The van der Waals surface area contributed by atoms with Crippen molar-refractivity contribution in [3.05, 3.63) is 35.9 Å². The Bertz CT molecular complexity index is 259. The third kappa shape index (κ3) is 3.25. The third-order valence-electron chi connectivity index (χ3n) is 1.70. The molecule has 0 aliphatic carbocycles. The lowest BCUT2D eigenvalue weighted by Gasteiger charge is -2.02. The van der Waals surface area contributed by atoms with Gasteiger partial charge < -0.3 is 11.1 Å². The fraction of sp³-hybridized carbons (Fsp3) is 0.300. The summed E-state index contributed by atoms with van der Waals surface area (Å²) in [5, 5.41) is 2.78. The van der Waals surface area contributed by atoms with Crippen molar-refractivity contribution in [2.75, 3.05) is 13.1 Å². The molecule has 0 saturated carbocycles. The second-order valence-electron chi connectivity index (χ2n) is 2.76. The Kier molecular flexibility index (Phi) is 3.99.